The number of hydrogen-bond donors (Lipinski definition) is 0. The Labute approximate surface area is 201 Å². The highest BCUT2D eigenvalue weighted by atomic mass is 79.9. The summed E-state index contributed by atoms with van der Waals surface area (Å²) >= 11 is 4.51. The third-order valence-electron chi connectivity index (χ3n) is 5.37. The van der Waals surface area contributed by atoms with E-state index in [-0.39, 0.29) is 25.3 Å². The van der Waals surface area contributed by atoms with E-state index in [0.717, 1.165) is 22.5 Å². The lowest BCUT2D eigenvalue weighted by Gasteiger charge is -2.25. The van der Waals surface area contributed by atoms with Gasteiger partial charge in [-0.05, 0) is 25.1 Å². The number of nitrogens with zero attached hydrogens (tertiary/aromatic N) is 3. The van der Waals surface area contributed by atoms with Crippen LogP contribution in [0.1, 0.15) is 17.4 Å². The van der Waals surface area contributed by atoms with Crippen LogP contribution in [0.4, 0.5) is 4.39 Å². The van der Waals surface area contributed by atoms with Crippen LogP contribution >= 0.6 is 27.3 Å². The van der Waals surface area contributed by atoms with E-state index in [1.54, 1.807) is 19.1 Å². The van der Waals surface area contributed by atoms with Crippen LogP contribution in [0.5, 0.6) is 0 Å². The van der Waals surface area contributed by atoms with Crippen molar-refractivity contribution in [1.29, 1.82) is 0 Å². The number of fused-ring (bicyclic) bond motifs is 1. The number of thiophene rings is 1. The lowest BCUT2D eigenvalue weighted by Crippen LogP contribution is -2.41. The lowest BCUT2D eigenvalue weighted by atomic mass is 10.2. The van der Waals surface area contributed by atoms with Gasteiger partial charge in [-0.15, -0.1) is 11.3 Å². The lowest BCUT2D eigenvalue weighted by molar-refractivity contribution is -0.143. The van der Waals surface area contributed by atoms with Gasteiger partial charge in [0.15, 0.2) is 0 Å². The maximum Gasteiger partial charge on any atom is 0.332 e. The summed E-state index contributed by atoms with van der Waals surface area (Å²) in [6, 6.07) is 6.20. The molecule has 0 aliphatic carbocycles. The Hall–Kier alpha value is -2.34. The van der Waals surface area contributed by atoms with Crippen LogP contribution in [-0.2, 0) is 33.9 Å². The molecule has 0 unspecified atom stereocenters. The van der Waals surface area contributed by atoms with Crippen LogP contribution < -0.4 is 11.2 Å². The molecule has 176 valence electrons. The SMILES string of the molecule is CCOC(=O)Cn1c(=O)n(Cc2ccc(Br)cc2F)c(=O)c2cc(CN3CCOCC3)sc21. The number of carbonyl (C=O) groups excluding carboxylic acids is 1. The third-order valence-corrected chi connectivity index (χ3v) is 7.00. The summed E-state index contributed by atoms with van der Waals surface area (Å²) in [4.78, 5) is 42.3. The standard InChI is InChI=1S/C22H23BrFN3O5S/c1-2-32-19(28)13-27-21-17(10-16(33-21)12-25-5-7-31-8-6-25)20(29)26(22(27)30)11-14-3-4-15(23)9-18(14)24/h3-4,9-10H,2,5-8,11-13H2,1H3. The molecule has 1 aliphatic heterocycles. The summed E-state index contributed by atoms with van der Waals surface area (Å²) < 4.78 is 27.6. The number of esters is 1. The molecular weight excluding hydrogens is 517 g/mol. The Morgan fingerprint density at radius 3 is 2.64 bits per heavy atom. The molecule has 0 spiro atoms. The van der Waals surface area contributed by atoms with Crippen molar-refractivity contribution in [2.75, 3.05) is 32.9 Å². The van der Waals surface area contributed by atoms with Gasteiger partial charge in [-0.2, -0.15) is 0 Å². The van der Waals surface area contributed by atoms with E-state index in [2.05, 4.69) is 20.8 Å². The molecule has 1 fully saturated rings. The van der Waals surface area contributed by atoms with E-state index in [9.17, 15) is 18.8 Å². The highest BCUT2D eigenvalue weighted by molar-refractivity contribution is 9.10. The van der Waals surface area contributed by atoms with Crippen LogP contribution in [0.2, 0.25) is 0 Å². The van der Waals surface area contributed by atoms with E-state index in [0.29, 0.717) is 34.4 Å². The normalized spacial score (nSPS) is 14.6. The average molecular weight is 540 g/mol. The molecule has 2 aromatic heterocycles. The quantitative estimate of drug-likeness (QED) is 0.429. The first-order chi connectivity index (χ1) is 15.9. The Morgan fingerprint density at radius 2 is 1.94 bits per heavy atom. The van der Waals surface area contributed by atoms with Crippen LogP contribution in [-0.4, -0.2) is 52.9 Å². The Bertz CT molecular complexity index is 1300. The molecule has 11 heteroatoms. The number of ether oxygens (including phenoxy) is 2. The van der Waals surface area contributed by atoms with Crippen LogP contribution in [0.3, 0.4) is 0 Å². The van der Waals surface area contributed by atoms with E-state index in [4.69, 9.17) is 9.47 Å². The fraction of sp³-hybridized carbons (Fsp3) is 0.409. The minimum atomic E-state index is -0.678. The van der Waals surface area contributed by atoms with Gasteiger partial charge in [-0.25, -0.2) is 9.18 Å². The van der Waals surface area contributed by atoms with E-state index >= 15 is 0 Å². The van der Waals surface area contributed by atoms with Gasteiger partial charge in [0, 0.05) is 34.5 Å². The zero-order chi connectivity index (χ0) is 23.5. The molecule has 33 heavy (non-hydrogen) atoms. The first-order valence-corrected chi connectivity index (χ1v) is 12.1. The van der Waals surface area contributed by atoms with Crippen LogP contribution in [0, 0.1) is 5.82 Å². The zero-order valence-corrected chi connectivity index (χ0v) is 20.4. The van der Waals surface area contributed by atoms with Gasteiger partial charge in [0.05, 0.1) is 31.8 Å². The molecule has 0 amide bonds. The summed E-state index contributed by atoms with van der Waals surface area (Å²) in [5.41, 5.74) is -0.993. The van der Waals surface area contributed by atoms with E-state index < -0.39 is 23.0 Å². The highest BCUT2D eigenvalue weighted by Gasteiger charge is 2.21. The fourth-order valence-electron chi connectivity index (χ4n) is 3.74. The van der Waals surface area contributed by atoms with Crippen LogP contribution in [0.25, 0.3) is 10.2 Å². The van der Waals surface area contributed by atoms with Crippen molar-refractivity contribution in [1.82, 2.24) is 14.0 Å². The third kappa shape index (κ3) is 5.26. The number of rotatable bonds is 7. The topological polar surface area (TPSA) is 82.8 Å². The van der Waals surface area contributed by atoms with Crippen LogP contribution in [0.15, 0.2) is 38.3 Å². The Balaban J connectivity index is 1.80. The van der Waals surface area contributed by atoms with Gasteiger partial charge in [-0.1, -0.05) is 22.0 Å². The predicted molar refractivity (Wildman–Crippen MR) is 126 cm³/mol. The smallest absolute Gasteiger partial charge is 0.332 e. The van der Waals surface area contributed by atoms with Gasteiger partial charge in [0.25, 0.3) is 5.56 Å². The largest absolute Gasteiger partial charge is 0.465 e. The van der Waals surface area contributed by atoms with Crippen molar-refractivity contribution >= 4 is 43.5 Å². The maximum atomic E-state index is 14.4. The van der Waals surface area contributed by atoms with E-state index in [1.165, 1.54) is 28.0 Å². The highest BCUT2D eigenvalue weighted by Crippen LogP contribution is 2.24. The number of morpholine rings is 1. The number of benzene rings is 1. The van der Waals surface area contributed by atoms with E-state index in [1.807, 2.05) is 0 Å². The average Bonchev–Trinajstić information content (AvgIpc) is 3.20. The fourth-order valence-corrected chi connectivity index (χ4v) is 5.26. The van der Waals surface area contributed by atoms with Crippen molar-refractivity contribution in [3.05, 3.63) is 65.8 Å². The summed E-state index contributed by atoms with van der Waals surface area (Å²) in [5, 5.41) is 0.324. The molecular formula is C22H23BrFN3O5S. The second-order valence-corrected chi connectivity index (χ2v) is 9.65. The molecule has 8 nitrogen and oxygen atoms in total. The van der Waals surface area contributed by atoms with Gasteiger partial charge in [-0.3, -0.25) is 23.6 Å². The van der Waals surface area contributed by atoms with Crippen molar-refractivity contribution in [2.45, 2.75) is 26.6 Å². The molecule has 1 aromatic carbocycles. The first kappa shape index (κ1) is 23.8. The summed E-state index contributed by atoms with van der Waals surface area (Å²) in [5.74, 6) is -1.12. The molecule has 0 radical (unpaired) electrons. The van der Waals surface area contributed by atoms with Gasteiger partial charge in [0.2, 0.25) is 0 Å². The summed E-state index contributed by atoms with van der Waals surface area (Å²) in [6.07, 6.45) is 0. The maximum absolute atomic E-state index is 14.4. The van der Waals surface area contributed by atoms with Crippen molar-refractivity contribution in [3.63, 3.8) is 0 Å². The van der Waals surface area contributed by atoms with Gasteiger partial charge in [0.1, 0.15) is 17.2 Å². The molecule has 0 atom stereocenters. The second kappa shape index (κ2) is 10.3. The molecule has 1 aliphatic rings. The number of halogens is 2. The number of aromatic nitrogens is 2. The minimum absolute atomic E-state index is 0.174. The van der Waals surface area contributed by atoms with Gasteiger partial charge >= 0.3 is 11.7 Å². The summed E-state index contributed by atoms with van der Waals surface area (Å²) in [7, 11) is 0. The molecule has 0 saturated carbocycles. The van der Waals surface area contributed by atoms with Crippen molar-refractivity contribution in [3.8, 4) is 0 Å². The van der Waals surface area contributed by atoms with Gasteiger partial charge < -0.3 is 9.47 Å². The predicted octanol–water partition coefficient (Wildman–Crippen LogP) is 2.57. The molecule has 3 heterocycles. The number of carbonyl (C=O) groups is 1. The molecule has 0 bridgehead atoms. The Morgan fingerprint density at radius 1 is 1.18 bits per heavy atom. The number of hydrogen-bond acceptors (Lipinski definition) is 7. The first-order valence-electron chi connectivity index (χ1n) is 10.5. The molecule has 3 aromatic rings. The molecule has 1 saturated heterocycles. The molecule has 4 rings (SSSR count). The second-order valence-electron chi connectivity index (χ2n) is 7.62. The molecule has 0 N–H and O–H groups in total. The minimum Gasteiger partial charge on any atom is -0.465 e. The zero-order valence-electron chi connectivity index (χ0n) is 18.0. The van der Waals surface area contributed by atoms with Crippen molar-refractivity contribution in [2.24, 2.45) is 0 Å². The Kier molecular flexibility index (Phi) is 7.42. The summed E-state index contributed by atoms with van der Waals surface area (Å²) in [6.45, 7) is 4.72. The monoisotopic (exact) mass is 539 g/mol. The van der Waals surface area contributed by atoms with Crippen molar-refractivity contribution < 1.29 is 18.7 Å².